The molecule has 0 spiro atoms. The summed E-state index contributed by atoms with van der Waals surface area (Å²) in [6.45, 7) is 4.51. The number of sulfone groups is 1. The molecule has 2 aromatic carbocycles. The first-order valence-electron chi connectivity index (χ1n) is 9.39. The average Bonchev–Trinajstić information content (AvgIpc) is 3.20. The lowest BCUT2D eigenvalue weighted by molar-refractivity contribution is 0.0692. The number of nitrogens with zero attached hydrogens (tertiary/aromatic N) is 1. The summed E-state index contributed by atoms with van der Waals surface area (Å²) < 4.78 is 25.2. The first kappa shape index (κ1) is 22.4. The van der Waals surface area contributed by atoms with Crippen LogP contribution in [-0.2, 0) is 15.6 Å². The Labute approximate surface area is 173 Å². The quantitative estimate of drug-likeness (QED) is 0.743. The van der Waals surface area contributed by atoms with Crippen LogP contribution in [-0.4, -0.2) is 44.9 Å². The normalized spacial score (nSPS) is 16.4. The molecule has 1 amide bonds. The van der Waals surface area contributed by atoms with Gasteiger partial charge in [-0.2, -0.15) is 0 Å². The SMILES string of the molecule is CCCN(C(=O)c1ccc(S(=O)(=O)Cc2ccccc2)cc1)C1CCNC1.Cl. The summed E-state index contributed by atoms with van der Waals surface area (Å²) in [6, 6.07) is 15.7. The topological polar surface area (TPSA) is 66.5 Å². The monoisotopic (exact) mass is 422 g/mol. The predicted molar refractivity (Wildman–Crippen MR) is 114 cm³/mol. The molecule has 1 aliphatic rings. The van der Waals surface area contributed by atoms with Crippen LogP contribution in [0.15, 0.2) is 59.5 Å². The number of nitrogens with one attached hydrogen (secondary N) is 1. The second kappa shape index (κ2) is 10.0. The maximum atomic E-state index is 12.9. The van der Waals surface area contributed by atoms with Crippen molar-refractivity contribution in [1.29, 1.82) is 0 Å². The lowest BCUT2D eigenvalue weighted by Gasteiger charge is -2.28. The maximum absolute atomic E-state index is 12.9. The Morgan fingerprint density at radius 3 is 2.36 bits per heavy atom. The first-order valence-corrected chi connectivity index (χ1v) is 11.0. The number of carbonyl (C=O) groups is 1. The number of benzene rings is 2. The smallest absolute Gasteiger partial charge is 0.254 e. The van der Waals surface area contributed by atoms with Crippen LogP contribution in [0, 0.1) is 0 Å². The first-order chi connectivity index (χ1) is 13.0. The molecule has 152 valence electrons. The summed E-state index contributed by atoms with van der Waals surface area (Å²) in [6.07, 6.45) is 1.85. The van der Waals surface area contributed by atoms with E-state index in [0.29, 0.717) is 12.1 Å². The van der Waals surface area contributed by atoms with Crippen LogP contribution in [0.25, 0.3) is 0 Å². The molecule has 1 saturated heterocycles. The van der Waals surface area contributed by atoms with Crippen molar-refractivity contribution in [2.75, 3.05) is 19.6 Å². The van der Waals surface area contributed by atoms with Gasteiger partial charge in [-0.15, -0.1) is 12.4 Å². The van der Waals surface area contributed by atoms with Gasteiger partial charge in [0.1, 0.15) is 0 Å². The Kier molecular flexibility index (Phi) is 8.04. The number of amides is 1. The average molecular weight is 423 g/mol. The number of halogens is 1. The van der Waals surface area contributed by atoms with Crippen LogP contribution in [0.2, 0.25) is 0 Å². The van der Waals surface area contributed by atoms with E-state index in [4.69, 9.17) is 0 Å². The fourth-order valence-electron chi connectivity index (χ4n) is 3.44. The van der Waals surface area contributed by atoms with Crippen molar-refractivity contribution in [3.05, 3.63) is 65.7 Å². The molecule has 7 heteroatoms. The van der Waals surface area contributed by atoms with Crippen LogP contribution in [0.1, 0.15) is 35.7 Å². The summed E-state index contributed by atoms with van der Waals surface area (Å²) in [7, 11) is -3.44. The zero-order chi connectivity index (χ0) is 19.3. The molecule has 2 aromatic rings. The highest BCUT2D eigenvalue weighted by molar-refractivity contribution is 7.90. The minimum Gasteiger partial charge on any atom is -0.334 e. The fraction of sp³-hybridized carbons (Fsp3) is 0.381. The van der Waals surface area contributed by atoms with E-state index >= 15 is 0 Å². The summed E-state index contributed by atoms with van der Waals surface area (Å²) in [5, 5.41) is 3.30. The van der Waals surface area contributed by atoms with Gasteiger partial charge in [-0.1, -0.05) is 37.3 Å². The molecular formula is C21H27ClN2O3S. The van der Waals surface area contributed by atoms with Crippen molar-refractivity contribution in [3.8, 4) is 0 Å². The van der Waals surface area contributed by atoms with Crippen LogP contribution in [0.5, 0.6) is 0 Å². The minimum atomic E-state index is -3.44. The molecule has 3 rings (SSSR count). The van der Waals surface area contributed by atoms with Crippen molar-refractivity contribution in [1.82, 2.24) is 10.2 Å². The van der Waals surface area contributed by atoms with Gasteiger partial charge in [0.25, 0.3) is 5.91 Å². The third kappa shape index (κ3) is 5.34. The molecule has 0 bridgehead atoms. The van der Waals surface area contributed by atoms with Gasteiger partial charge in [0.05, 0.1) is 10.6 Å². The van der Waals surface area contributed by atoms with E-state index in [1.54, 1.807) is 36.4 Å². The van der Waals surface area contributed by atoms with E-state index in [-0.39, 0.29) is 35.0 Å². The third-order valence-corrected chi connectivity index (χ3v) is 6.56. The van der Waals surface area contributed by atoms with Gasteiger partial charge in [-0.05, 0) is 49.2 Å². The highest BCUT2D eigenvalue weighted by atomic mass is 35.5. The Bertz CT molecular complexity index is 864. The van der Waals surface area contributed by atoms with Gasteiger partial charge >= 0.3 is 0 Å². The molecule has 28 heavy (non-hydrogen) atoms. The van der Waals surface area contributed by atoms with Crippen LogP contribution >= 0.6 is 12.4 Å². The van der Waals surface area contributed by atoms with Crippen molar-refractivity contribution in [3.63, 3.8) is 0 Å². The second-order valence-electron chi connectivity index (χ2n) is 6.91. The highest BCUT2D eigenvalue weighted by Gasteiger charge is 2.27. The van der Waals surface area contributed by atoms with Crippen molar-refractivity contribution < 1.29 is 13.2 Å². The molecule has 0 aromatic heterocycles. The molecule has 1 unspecified atom stereocenters. The summed E-state index contributed by atoms with van der Waals surface area (Å²) in [5.74, 6) is -0.0748. The summed E-state index contributed by atoms with van der Waals surface area (Å²) in [4.78, 5) is 15.1. The molecule has 1 fully saturated rings. The molecule has 5 nitrogen and oxygen atoms in total. The molecule has 1 aliphatic heterocycles. The van der Waals surface area contributed by atoms with Gasteiger partial charge in [0.15, 0.2) is 9.84 Å². The van der Waals surface area contributed by atoms with Crippen LogP contribution in [0.4, 0.5) is 0 Å². The van der Waals surface area contributed by atoms with E-state index in [1.807, 2.05) is 23.1 Å². The van der Waals surface area contributed by atoms with Crippen LogP contribution in [0.3, 0.4) is 0 Å². The highest BCUT2D eigenvalue weighted by Crippen LogP contribution is 2.19. The van der Waals surface area contributed by atoms with Crippen molar-refractivity contribution in [2.45, 2.75) is 36.5 Å². The molecular weight excluding hydrogens is 396 g/mol. The number of carbonyl (C=O) groups excluding carboxylic acids is 1. The van der Waals surface area contributed by atoms with Gasteiger partial charge < -0.3 is 10.2 Å². The Morgan fingerprint density at radius 2 is 1.79 bits per heavy atom. The van der Waals surface area contributed by atoms with Gasteiger partial charge in [-0.25, -0.2) is 8.42 Å². The maximum Gasteiger partial charge on any atom is 0.254 e. The molecule has 0 aliphatic carbocycles. The predicted octanol–water partition coefficient (Wildman–Crippen LogP) is 3.30. The molecule has 0 radical (unpaired) electrons. The fourth-order valence-corrected chi connectivity index (χ4v) is 4.79. The Balaban J connectivity index is 0.00000280. The lowest BCUT2D eigenvalue weighted by Crippen LogP contribution is -2.42. The summed E-state index contributed by atoms with van der Waals surface area (Å²) >= 11 is 0. The Hall–Kier alpha value is -1.89. The number of rotatable bonds is 7. The van der Waals surface area contributed by atoms with E-state index in [9.17, 15) is 13.2 Å². The van der Waals surface area contributed by atoms with E-state index in [0.717, 1.165) is 31.5 Å². The van der Waals surface area contributed by atoms with E-state index in [1.165, 1.54) is 0 Å². The largest absolute Gasteiger partial charge is 0.334 e. The standard InChI is InChI=1S/C21H26N2O3S.ClH/c1-2-14-23(19-12-13-22-15-19)21(24)18-8-10-20(11-9-18)27(25,26)16-17-6-4-3-5-7-17;/h3-11,19,22H,2,12-16H2,1H3;1H. The van der Waals surface area contributed by atoms with Gasteiger partial charge in [0.2, 0.25) is 0 Å². The zero-order valence-electron chi connectivity index (χ0n) is 16.0. The molecule has 1 heterocycles. The molecule has 1 atom stereocenters. The van der Waals surface area contributed by atoms with Gasteiger partial charge in [0, 0.05) is 24.7 Å². The van der Waals surface area contributed by atoms with Crippen molar-refractivity contribution in [2.24, 2.45) is 0 Å². The minimum absolute atomic E-state index is 0. The van der Waals surface area contributed by atoms with Crippen LogP contribution < -0.4 is 5.32 Å². The van der Waals surface area contributed by atoms with Gasteiger partial charge in [-0.3, -0.25) is 4.79 Å². The second-order valence-corrected chi connectivity index (χ2v) is 8.90. The van der Waals surface area contributed by atoms with E-state index < -0.39 is 9.84 Å². The molecule has 0 saturated carbocycles. The summed E-state index contributed by atoms with van der Waals surface area (Å²) in [5.41, 5.74) is 1.29. The Morgan fingerprint density at radius 1 is 1.11 bits per heavy atom. The van der Waals surface area contributed by atoms with E-state index in [2.05, 4.69) is 12.2 Å². The van der Waals surface area contributed by atoms with Crippen molar-refractivity contribution >= 4 is 28.2 Å². The third-order valence-electron chi connectivity index (χ3n) is 4.86. The number of hydrogen-bond donors (Lipinski definition) is 1. The molecule has 1 N–H and O–H groups in total. The zero-order valence-corrected chi connectivity index (χ0v) is 17.6. The number of hydrogen-bond acceptors (Lipinski definition) is 4. The lowest BCUT2D eigenvalue weighted by atomic mass is 10.1.